The second-order valence-electron chi connectivity index (χ2n) is 4.56. The Kier molecular flexibility index (Phi) is 3.90. The van der Waals surface area contributed by atoms with Gasteiger partial charge in [-0.15, -0.1) is 0 Å². The third-order valence-electron chi connectivity index (χ3n) is 3.17. The van der Waals surface area contributed by atoms with E-state index in [-0.39, 0.29) is 0 Å². The van der Waals surface area contributed by atoms with Crippen LogP contribution in [-0.4, -0.2) is 35.9 Å². The van der Waals surface area contributed by atoms with Crippen LogP contribution in [0.2, 0.25) is 0 Å². The van der Waals surface area contributed by atoms with Crippen LogP contribution in [0.1, 0.15) is 18.7 Å². The van der Waals surface area contributed by atoms with Crippen LogP contribution < -0.4 is 5.32 Å². The van der Waals surface area contributed by atoms with E-state index in [0.717, 1.165) is 25.9 Å². The van der Waals surface area contributed by atoms with Gasteiger partial charge in [0, 0.05) is 0 Å². The van der Waals surface area contributed by atoms with Gasteiger partial charge in [-0.1, -0.05) is 5.16 Å². The summed E-state index contributed by atoms with van der Waals surface area (Å²) in [5, 5.41) is 7.19. The molecule has 0 unspecified atom stereocenters. The van der Waals surface area contributed by atoms with Gasteiger partial charge in [0.25, 0.3) is 0 Å². The lowest BCUT2D eigenvalue weighted by atomic mass is 10.1. The fraction of sp³-hybridized carbons (Fsp3) is 0.538. The van der Waals surface area contributed by atoms with Gasteiger partial charge in [0.05, 0.1) is 25.4 Å². The fourth-order valence-corrected chi connectivity index (χ4v) is 2.14. The molecule has 1 fully saturated rings. The van der Waals surface area contributed by atoms with Gasteiger partial charge in [-0.2, -0.15) is 4.98 Å². The van der Waals surface area contributed by atoms with Gasteiger partial charge in [-0.05, 0) is 38.1 Å². The lowest BCUT2D eigenvalue weighted by molar-refractivity contribution is 0.0322. The summed E-state index contributed by atoms with van der Waals surface area (Å²) in [6.07, 6.45) is 4.72. The van der Waals surface area contributed by atoms with Crippen molar-refractivity contribution in [1.29, 1.82) is 0 Å². The first kappa shape index (κ1) is 12.4. The maximum Gasteiger partial charge on any atom is 0.238 e. The van der Waals surface area contributed by atoms with Crippen molar-refractivity contribution in [3.63, 3.8) is 0 Å². The van der Waals surface area contributed by atoms with Crippen molar-refractivity contribution >= 4 is 0 Å². The molecule has 6 nitrogen and oxygen atoms in total. The minimum atomic E-state index is 0.355. The SMILES string of the molecule is c1coc(-c2noc(CCOC3CCNCC3)n2)c1. The molecule has 6 heteroatoms. The number of nitrogens with zero attached hydrogens (tertiary/aromatic N) is 2. The lowest BCUT2D eigenvalue weighted by Gasteiger charge is -2.22. The van der Waals surface area contributed by atoms with Gasteiger partial charge < -0.3 is 19.0 Å². The van der Waals surface area contributed by atoms with E-state index in [9.17, 15) is 0 Å². The Morgan fingerprint density at radius 3 is 3.05 bits per heavy atom. The summed E-state index contributed by atoms with van der Waals surface area (Å²) in [7, 11) is 0. The molecular weight excluding hydrogens is 246 g/mol. The number of piperidine rings is 1. The molecule has 1 aliphatic rings. The number of ether oxygens (including phenoxy) is 1. The zero-order valence-corrected chi connectivity index (χ0v) is 10.7. The van der Waals surface area contributed by atoms with Crippen molar-refractivity contribution in [2.45, 2.75) is 25.4 Å². The number of hydrogen-bond donors (Lipinski definition) is 1. The average Bonchev–Trinajstić information content (AvgIpc) is 3.10. The predicted molar refractivity (Wildman–Crippen MR) is 67.5 cm³/mol. The summed E-state index contributed by atoms with van der Waals surface area (Å²) in [6.45, 7) is 2.69. The maximum atomic E-state index is 5.80. The molecule has 0 aliphatic carbocycles. The van der Waals surface area contributed by atoms with Gasteiger partial charge in [-0.25, -0.2) is 0 Å². The molecule has 1 N–H and O–H groups in total. The Bertz CT molecular complexity index is 489. The summed E-state index contributed by atoms with van der Waals surface area (Å²) in [5.41, 5.74) is 0. The van der Waals surface area contributed by atoms with Gasteiger partial charge in [-0.3, -0.25) is 0 Å². The van der Waals surface area contributed by atoms with Crippen molar-refractivity contribution < 1.29 is 13.7 Å². The summed E-state index contributed by atoms with van der Waals surface area (Å²) in [6, 6.07) is 3.60. The molecule has 0 spiro atoms. The minimum absolute atomic E-state index is 0.355. The van der Waals surface area contributed by atoms with E-state index >= 15 is 0 Å². The quantitative estimate of drug-likeness (QED) is 0.884. The van der Waals surface area contributed by atoms with E-state index in [2.05, 4.69) is 15.5 Å². The molecule has 0 aromatic carbocycles. The fourth-order valence-electron chi connectivity index (χ4n) is 2.14. The average molecular weight is 263 g/mol. The topological polar surface area (TPSA) is 73.3 Å². The molecule has 102 valence electrons. The lowest BCUT2D eigenvalue weighted by Crippen LogP contribution is -2.32. The van der Waals surface area contributed by atoms with Gasteiger partial charge >= 0.3 is 0 Å². The van der Waals surface area contributed by atoms with E-state index in [4.69, 9.17) is 13.7 Å². The molecule has 0 saturated carbocycles. The van der Waals surface area contributed by atoms with Crippen LogP contribution in [0.4, 0.5) is 0 Å². The summed E-state index contributed by atoms with van der Waals surface area (Å²) < 4.78 is 16.2. The van der Waals surface area contributed by atoms with Gasteiger partial charge in [0.2, 0.25) is 11.7 Å². The van der Waals surface area contributed by atoms with Gasteiger partial charge in [0.1, 0.15) is 0 Å². The smallest absolute Gasteiger partial charge is 0.238 e. The highest BCUT2D eigenvalue weighted by molar-refractivity contribution is 5.44. The van der Waals surface area contributed by atoms with E-state index in [1.807, 2.05) is 0 Å². The number of aromatic nitrogens is 2. The van der Waals surface area contributed by atoms with Crippen LogP contribution in [0.25, 0.3) is 11.6 Å². The Morgan fingerprint density at radius 2 is 2.26 bits per heavy atom. The highest BCUT2D eigenvalue weighted by Gasteiger charge is 2.14. The first-order chi connectivity index (χ1) is 9.42. The van der Waals surface area contributed by atoms with E-state index in [1.54, 1.807) is 18.4 Å². The van der Waals surface area contributed by atoms with E-state index in [0.29, 0.717) is 36.6 Å². The van der Waals surface area contributed by atoms with Crippen LogP contribution in [0, 0.1) is 0 Å². The summed E-state index contributed by atoms with van der Waals surface area (Å²) in [5.74, 6) is 1.69. The Balaban J connectivity index is 1.48. The third kappa shape index (κ3) is 3.21. The molecule has 3 heterocycles. The van der Waals surface area contributed by atoms with Crippen molar-refractivity contribution in [2.75, 3.05) is 19.7 Å². The first-order valence-corrected chi connectivity index (χ1v) is 6.60. The molecule has 1 saturated heterocycles. The van der Waals surface area contributed by atoms with Crippen molar-refractivity contribution in [2.24, 2.45) is 0 Å². The summed E-state index contributed by atoms with van der Waals surface area (Å²) >= 11 is 0. The largest absolute Gasteiger partial charge is 0.461 e. The molecule has 2 aromatic rings. The molecule has 19 heavy (non-hydrogen) atoms. The van der Waals surface area contributed by atoms with Crippen LogP contribution >= 0.6 is 0 Å². The number of rotatable bonds is 5. The van der Waals surface area contributed by atoms with Crippen LogP contribution in [-0.2, 0) is 11.2 Å². The molecule has 0 amide bonds. The zero-order chi connectivity index (χ0) is 12.9. The van der Waals surface area contributed by atoms with Crippen molar-refractivity contribution in [1.82, 2.24) is 15.5 Å². The van der Waals surface area contributed by atoms with Crippen molar-refractivity contribution in [3.05, 3.63) is 24.3 Å². The Labute approximate surface area is 111 Å². The predicted octanol–water partition coefficient (Wildman–Crippen LogP) is 1.64. The molecule has 2 aromatic heterocycles. The highest BCUT2D eigenvalue weighted by atomic mass is 16.5. The number of furan rings is 1. The molecule has 3 rings (SSSR count). The maximum absolute atomic E-state index is 5.80. The van der Waals surface area contributed by atoms with Crippen molar-refractivity contribution in [3.8, 4) is 11.6 Å². The zero-order valence-electron chi connectivity index (χ0n) is 10.7. The second-order valence-corrected chi connectivity index (χ2v) is 4.56. The molecule has 0 atom stereocenters. The summed E-state index contributed by atoms with van der Waals surface area (Å²) in [4.78, 5) is 4.27. The molecule has 0 bridgehead atoms. The molecule has 1 aliphatic heterocycles. The Hall–Kier alpha value is -1.66. The van der Waals surface area contributed by atoms with Gasteiger partial charge in [0.15, 0.2) is 5.76 Å². The van der Waals surface area contributed by atoms with Crippen LogP contribution in [0.3, 0.4) is 0 Å². The normalized spacial score (nSPS) is 16.8. The van der Waals surface area contributed by atoms with Crippen LogP contribution in [0.15, 0.2) is 27.3 Å². The van der Waals surface area contributed by atoms with E-state index < -0.39 is 0 Å². The first-order valence-electron chi connectivity index (χ1n) is 6.60. The second kappa shape index (κ2) is 5.99. The highest BCUT2D eigenvalue weighted by Crippen LogP contribution is 2.16. The Morgan fingerprint density at radius 1 is 1.37 bits per heavy atom. The molecular formula is C13H17N3O3. The minimum Gasteiger partial charge on any atom is -0.461 e. The monoisotopic (exact) mass is 263 g/mol. The number of nitrogens with one attached hydrogen (secondary N) is 1. The standard InChI is InChI=1S/C13H17N3O3/c1-2-11(18-8-1)13-15-12(19-16-13)5-9-17-10-3-6-14-7-4-10/h1-2,8,10,14H,3-7,9H2. The van der Waals surface area contributed by atoms with Crippen LogP contribution in [0.5, 0.6) is 0 Å². The third-order valence-corrected chi connectivity index (χ3v) is 3.17. The van der Waals surface area contributed by atoms with E-state index in [1.165, 1.54) is 0 Å². The molecule has 0 radical (unpaired) electrons. The number of hydrogen-bond acceptors (Lipinski definition) is 6.